The van der Waals surface area contributed by atoms with Gasteiger partial charge in [-0.05, 0) is 42.5 Å². The molecule has 1 N–H and O–H groups in total. The number of amidine groups is 1. The van der Waals surface area contributed by atoms with E-state index in [1.165, 1.54) is 16.7 Å². The molecule has 3 rings (SSSR count). The van der Waals surface area contributed by atoms with Gasteiger partial charge in [0, 0.05) is 29.2 Å². The van der Waals surface area contributed by atoms with Gasteiger partial charge < -0.3 is 10.1 Å². The number of nitrogens with one attached hydrogen (secondary N) is 1. The standard InChI is InChI=1S/C19H17Cl2N3O3S/c1-24-17(25)10-16(18(26)22-14-8-11(20)7-12(21)9-14)28-19(24)23-13-3-5-15(27-2)6-4-13/h3-9,16H,10H2,1-2H3,(H,22,26)/t16-/m0/s1. The highest BCUT2D eigenvalue weighted by atomic mass is 35.5. The van der Waals surface area contributed by atoms with E-state index >= 15 is 0 Å². The van der Waals surface area contributed by atoms with E-state index in [-0.39, 0.29) is 18.2 Å². The van der Waals surface area contributed by atoms with Crippen LogP contribution >= 0.6 is 35.0 Å². The molecule has 2 aromatic carbocycles. The number of aliphatic imine (C=N–C) groups is 1. The maximum absolute atomic E-state index is 12.7. The molecule has 1 aliphatic heterocycles. The average Bonchev–Trinajstić information content (AvgIpc) is 2.65. The smallest absolute Gasteiger partial charge is 0.238 e. The van der Waals surface area contributed by atoms with Gasteiger partial charge in [0.2, 0.25) is 11.8 Å². The number of ether oxygens (including phenoxy) is 1. The summed E-state index contributed by atoms with van der Waals surface area (Å²) in [5.41, 5.74) is 1.13. The molecule has 1 atom stereocenters. The van der Waals surface area contributed by atoms with E-state index in [2.05, 4.69) is 10.3 Å². The number of thioether (sulfide) groups is 1. The number of halogens is 2. The molecule has 0 aromatic heterocycles. The molecule has 1 heterocycles. The van der Waals surface area contributed by atoms with Crippen LogP contribution < -0.4 is 10.1 Å². The van der Waals surface area contributed by atoms with Crippen molar-refractivity contribution >= 4 is 63.3 Å². The molecular formula is C19H17Cl2N3O3S. The Kier molecular flexibility index (Phi) is 6.49. The second-order valence-electron chi connectivity index (χ2n) is 6.00. The third kappa shape index (κ3) is 4.98. The first kappa shape index (κ1) is 20.5. The molecule has 0 spiro atoms. The fourth-order valence-electron chi connectivity index (χ4n) is 2.51. The average molecular weight is 438 g/mol. The molecular weight excluding hydrogens is 421 g/mol. The number of rotatable bonds is 4. The zero-order valence-electron chi connectivity index (χ0n) is 15.1. The number of nitrogens with zero attached hydrogens (tertiary/aromatic N) is 2. The van der Waals surface area contributed by atoms with Crippen molar-refractivity contribution in [2.45, 2.75) is 11.7 Å². The van der Waals surface area contributed by atoms with Crippen molar-refractivity contribution in [3.8, 4) is 5.75 Å². The third-order valence-electron chi connectivity index (χ3n) is 3.99. The first-order valence-electron chi connectivity index (χ1n) is 8.28. The third-order valence-corrected chi connectivity index (χ3v) is 5.67. The van der Waals surface area contributed by atoms with Crippen LogP contribution in [0.25, 0.3) is 0 Å². The van der Waals surface area contributed by atoms with Crippen molar-refractivity contribution in [3.05, 3.63) is 52.5 Å². The van der Waals surface area contributed by atoms with Crippen LogP contribution in [-0.4, -0.2) is 41.3 Å². The summed E-state index contributed by atoms with van der Waals surface area (Å²) in [6.07, 6.45) is 0.0724. The Balaban J connectivity index is 1.77. The molecule has 0 unspecified atom stereocenters. The highest BCUT2D eigenvalue weighted by Gasteiger charge is 2.34. The molecule has 9 heteroatoms. The van der Waals surface area contributed by atoms with Crippen LogP contribution in [0.2, 0.25) is 10.0 Å². The zero-order valence-corrected chi connectivity index (χ0v) is 17.4. The Hall–Kier alpha value is -2.22. The lowest BCUT2D eigenvalue weighted by molar-refractivity contribution is -0.128. The molecule has 0 bridgehead atoms. The van der Waals surface area contributed by atoms with Gasteiger partial charge in [0.05, 0.1) is 12.8 Å². The number of hydrogen-bond acceptors (Lipinski definition) is 5. The van der Waals surface area contributed by atoms with E-state index in [4.69, 9.17) is 27.9 Å². The minimum atomic E-state index is -0.613. The fraction of sp³-hybridized carbons (Fsp3) is 0.211. The van der Waals surface area contributed by atoms with Gasteiger partial charge in [0.1, 0.15) is 11.0 Å². The van der Waals surface area contributed by atoms with Crippen LogP contribution in [-0.2, 0) is 9.59 Å². The summed E-state index contributed by atoms with van der Waals surface area (Å²) in [7, 11) is 3.23. The number of amides is 2. The van der Waals surface area contributed by atoms with Gasteiger partial charge in [-0.3, -0.25) is 14.5 Å². The number of carbonyl (C=O) groups excluding carboxylic acids is 2. The van der Waals surface area contributed by atoms with Crippen LogP contribution in [0.4, 0.5) is 11.4 Å². The van der Waals surface area contributed by atoms with Gasteiger partial charge in [-0.1, -0.05) is 35.0 Å². The van der Waals surface area contributed by atoms with E-state index < -0.39 is 5.25 Å². The quantitative estimate of drug-likeness (QED) is 0.758. The van der Waals surface area contributed by atoms with Crippen molar-refractivity contribution < 1.29 is 14.3 Å². The van der Waals surface area contributed by atoms with Gasteiger partial charge in [0.25, 0.3) is 0 Å². The van der Waals surface area contributed by atoms with Crippen molar-refractivity contribution in [1.82, 2.24) is 4.90 Å². The predicted molar refractivity (Wildman–Crippen MR) is 114 cm³/mol. The maximum atomic E-state index is 12.7. The lowest BCUT2D eigenvalue weighted by atomic mass is 10.2. The van der Waals surface area contributed by atoms with Crippen LogP contribution in [0.1, 0.15) is 6.42 Å². The van der Waals surface area contributed by atoms with Crippen LogP contribution in [0.3, 0.4) is 0 Å². The summed E-state index contributed by atoms with van der Waals surface area (Å²) in [4.78, 5) is 31.0. The number of methoxy groups -OCH3 is 1. The van der Waals surface area contributed by atoms with E-state index in [1.807, 2.05) is 0 Å². The van der Waals surface area contributed by atoms with Gasteiger partial charge in [-0.2, -0.15) is 0 Å². The summed E-state index contributed by atoms with van der Waals surface area (Å²) in [5.74, 6) is 0.213. The second-order valence-corrected chi connectivity index (χ2v) is 8.05. The Labute approximate surface area is 176 Å². The normalized spacial score (nSPS) is 18.3. The Morgan fingerprint density at radius 2 is 1.86 bits per heavy atom. The molecule has 1 fully saturated rings. The Morgan fingerprint density at radius 1 is 1.21 bits per heavy atom. The summed E-state index contributed by atoms with van der Waals surface area (Å²) < 4.78 is 5.13. The highest BCUT2D eigenvalue weighted by molar-refractivity contribution is 8.15. The number of anilines is 1. The van der Waals surface area contributed by atoms with Gasteiger partial charge in [-0.15, -0.1) is 0 Å². The zero-order chi connectivity index (χ0) is 20.3. The molecule has 28 heavy (non-hydrogen) atoms. The van der Waals surface area contributed by atoms with E-state index in [0.29, 0.717) is 32.3 Å². The molecule has 6 nitrogen and oxygen atoms in total. The first-order chi connectivity index (χ1) is 13.4. The number of hydrogen-bond donors (Lipinski definition) is 1. The molecule has 2 aromatic rings. The van der Waals surface area contributed by atoms with E-state index in [0.717, 1.165) is 0 Å². The summed E-state index contributed by atoms with van der Waals surface area (Å²) in [5, 5.41) is 3.42. The topological polar surface area (TPSA) is 71.0 Å². The molecule has 0 aliphatic carbocycles. The van der Waals surface area contributed by atoms with Crippen LogP contribution in [0.15, 0.2) is 47.5 Å². The van der Waals surface area contributed by atoms with Crippen molar-refractivity contribution in [2.75, 3.05) is 19.5 Å². The monoisotopic (exact) mass is 437 g/mol. The molecule has 1 aliphatic rings. The maximum Gasteiger partial charge on any atom is 0.238 e. The summed E-state index contributed by atoms with van der Waals surface area (Å²) >= 11 is 13.2. The largest absolute Gasteiger partial charge is 0.497 e. The first-order valence-corrected chi connectivity index (χ1v) is 9.92. The Morgan fingerprint density at radius 3 is 2.46 bits per heavy atom. The lowest BCUT2D eigenvalue weighted by Gasteiger charge is -2.28. The molecule has 0 radical (unpaired) electrons. The lowest BCUT2D eigenvalue weighted by Crippen LogP contribution is -2.43. The SMILES string of the molecule is COc1ccc(N=C2S[C@H](C(=O)Nc3cc(Cl)cc(Cl)c3)CC(=O)N2C)cc1. The van der Waals surface area contributed by atoms with Crippen LogP contribution in [0.5, 0.6) is 5.75 Å². The number of benzene rings is 2. The molecule has 2 amide bonds. The molecule has 146 valence electrons. The molecule has 1 saturated heterocycles. The van der Waals surface area contributed by atoms with Gasteiger partial charge >= 0.3 is 0 Å². The number of carbonyl (C=O) groups is 2. The van der Waals surface area contributed by atoms with Crippen molar-refractivity contribution in [3.63, 3.8) is 0 Å². The van der Waals surface area contributed by atoms with Crippen molar-refractivity contribution in [1.29, 1.82) is 0 Å². The minimum absolute atomic E-state index is 0.0724. The van der Waals surface area contributed by atoms with Gasteiger partial charge in [-0.25, -0.2) is 4.99 Å². The molecule has 0 saturated carbocycles. The van der Waals surface area contributed by atoms with E-state index in [1.54, 1.807) is 56.6 Å². The minimum Gasteiger partial charge on any atom is -0.497 e. The summed E-state index contributed by atoms with van der Waals surface area (Å²) in [6.45, 7) is 0. The summed E-state index contributed by atoms with van der Waals surface area (Å²) in [6, 6.07) is 11.9. The fourth-order valence-corrected chi connectivity index (χ4v) is 4.10. The van der Waals surface area contributed by atoms with E-state index in [9.17, 15) is 9.59 Å². The Bertz CT molecular complexity index is 914. The highest BCUT2D eigenvalue weighted by Crippen LogP contribution is 2.30. The predicted octanol–water partition coefficient (Wildman–Crippen LogP) is 4.59. The van der Waals surface area contributed by atoms with Gasteiger partial charge in [0.15, 0.2) is 5.17 Å². The van der Waals surface area contributed by atoms with Crippen molar-refractivity contribution in [2.24, 2.45) is 4.99 Å². The second kappa shape index (κ2) is 8.86. The van der Waals surface area contributed by atoms with Crippen LogP contribution in [0, 0.1) is 0 Å².